The first-order chi connectivity index (χ1) is 25.6. The van der Waals surface area contributed by atoms with Gasteiger partial charge < -0.3 is 24.8 Å². The fourth-order valence-electron chi connectivity index (χ4n) is 7.89. The number of aliphatic carboxylic acids is 1. The fourth-order valence-corrected chi connectivity index (χ4v) is 8.01. The number of fused-ring (bicyclic) bond motifs is 3. The van der Waals surface area contributed by atoms with Crippen LogP contribution in [0.25, 0.3) is 11.1 Å². The quantitative estimate of drug-likeness (QED) is 0.130. The van der Waals surface area contributed by atoms with Crippen LogP contribution in [-0.4, -0.2) is 72.7 Å². The van der Waals surface area contributed by atoms with Crippen molar-refractivity contribution >= 4 is 35.4 Å². The molecule has 0 saturated carbocycles. The van der Waals surface area contributed by atoms with Gasteiger partial charge in [0.05, 0.1) is 36.8 Å². The minimum atomic E-state index is -1.05. The molecule has 0 radical (unpaired) electrons. The number of hydrogen-bond acceptors (Lipinski definition) is 6. The van der Waals surface area contributed by atoms with E-state index in [0.717, 1.165) is 33.4 Å². The lowest BCUT2D eigenvalue weighted by Gasteiger charge is -2.45. The van der Waals surface area contributed by atoms with Crippen molar-refractivity contribution in [2.24, 2.45) is 11.8 Å². The summed E-state index contributed by atoms with van der Waals surface area (Å²) in [6.07, 6.45) is 1.34. The standard InChI is InChI=1S/C43H45ClN2O7/c1-52-26-32(24-40(49)53-27-38-36-14-7-5-12-34(36)35-13-6-8-15-37(35)38)41(50)45-43(25-30-16-18-33(44)19-17-30)20-9-21-46(28-43)42(51)31(23-39(47)48)22-29-10-3-2-4-11-29/h2-8,10-19,31-32,38H,9,20-28H2,1H3,(H,45,50)(H,47,48)/t31-,32+,43-/m1/s1. The number of amides is 2. The summed E-state index contributed by atoms with van der Waals surface area (Å²) < 4.78 is 11.3. The number of nitrogens with one attached hydrogen (secondary N) is 1. The maximum atomic E-state index is 14.2. The van der Waals surface area contributed by atoms with Gasteiger partial charge in [0.25, 0.3) is 0 Å². The number of hydrogen-bond donors (Lipinski definition) is 2. The summed E-state index contributed by atoms with van der Waals surface area (Å²) in [4.78, 5) is 55.2. The third-order valence-corrected chi connectivity index (χ3v) is 10.6. The monoisotopic (exact) mass is 736 g/mol. The van der Waals surface area contributed by atoms with Crippen molar-refractivity contribution in [1.82, 2.24) is 10.2 Å². The Labute approximate surface area is 315 Å². The molecule has 9 nitrogen and oxygen atoms in total. The highest BCUT2D eigenvalue weighted by atomic mass is 35.5. The van der Waals surface area contributed by atoms with E-state index in [-0.39, 0.29) is 56.8 Å². The van der Waals surface area contributed by atoms with Gasteiger partial charge in [-0.2, -0.15) is 0 Å². The number of esters is 1. The number of carbonyl (C=O) groups excluding carboxylic acids is 3. The van der Waals surface area contributed by atoms with Crippen molar-refractivity contribution in [3.05, 3.63) is 130 Å². The van der Waals surface area contributed by atoms with Crippen molar-refractivity contribution in [1.29, 1.82) is 0 Å². The predicted molar refractivity (Wildman–Crippen MR) is 202 cm³/mol. The molecule has 2 N–H and O–H groups in total. The summed E-state index contributed by atoms with van der Waals surface area (Å²) in [5.74, 6) is -3.93. The van der Waals surface area contributed by atoms with Crippen LogP contribution >= 0.6 is 11.6 Å². The van der Waals surface area contributed by atoms with Crippen molar-refractivity contribution in [3.63, 3.8) is 0 Å². The summed E-state index contributed by atoms with van der Waals surface area (Å²) in [5.41, 5.74) is 5.34. The van der Waals surface area contributed by atoms with Crippen molar-refractivity contribution in [3.8, 4) is 11.1 Å². The van der Waals surface area contributed by atoms with Gasteiger partial charge in [0.1, 0.15) is 6.61 Å². The first-order valence-electron chi connectivity index (χ1n) is 18.1. The van der Waals surface area contributed by atoms with Gasteiger partial charge in [-0.1, -0.05) is 103 Å². The number of likely N-dealkylation sites (tertiary alicyclic amines) is 1. The predicted octanol–water partition coefficient (Wildman–Crippen LogP) is 6.70. The van der Waals surface area contributed by atoms with Crippen LogP contribution in [0, 0.1) is 11.8 Å². The number of piperidine rings is 1. The average molecular weight is 737 g/mol. The van der Waals surface area contributed by atoms with E-state index in [0.29, 0.717) is 30.8 Å². The second-order valence-corrected chi connectivity index (χ2v) is 14.6. The second-order valence-electron chi connectivity index (χ2n) is 14.2. The molecule has 1 heterocycles. The van der Waals surface area contributed by atoms with Crippen LogP contribution in [0.5, 0.6) is 0 Å². The Bertz CT molecular complexity index is 1870. The minimum absolute atomic E-state index is 0.00649. The molecule has 1 aliphatic heterocycles. The van der Waals surface area contributed by atoms with Crippen molar-refractivity contribution < 1.29 is 33.8 Å². The molecule has 3 atom stereocenters. The van der Waals surface area contributed by atoms with E-state index >= 15 is 0 Å². The topological polar surface area (TPSA) is 122 Å². The Morgan fingerprint density at radius 1 is 0.849 bits per heavy atom. The summed E-state index contributed by atoms with van der Waals surface area (Å²) in [6, 6.07) is 32.9. The van der Waals surface area contributed by atoms with Gasteiger partial charge in [0.2, 0.25) is 11.8 Å². The molecule has 0 bridgehead atoms. The molecule has 10 heteroatoms. The van der Waals surface area contributed by atoms with Crippen LogP contribution in [-0.2, 0) is 41.5 Å². The van der Waals surface area contributed by atoms with Gasteiger partial charge in [-0.05, 0) is 71.2 Å². The fraction of sp³-hybridized carbons (Fsp3) is 0.349. The SMILES string of the molecule is COC[C@H](CC(=O)OCC1c2ccccc2-c2ccccc21)C(=O)N[C@@]1(Cc2ccc(Cl)cc2)CCCN(C(=O)[C@@H](CC(=O)O)Cc2ccccc2)C1. The Kier molecular flexibility index (Phi) is 12.3. The summed E-state index contributed by atoms with van der Waals surface area (Å²) >= 11 is 6.19. The molecule has 0 unspecified atom stereocenters. The van der Waals surface area contributed by atoms with Crippen LogP contribution in [0.3, 0.4) is 0 Å². The first kappa shape index (κ1) is 37.8. The molecule has 6 rings (SSSR count). The Balaban J connectivity index is 1.18. The smallest absolute Gasteiger partial charge is 0.306 e. The lowest BCUT2D eigenvalue weighted by Crippen LogP contribution is -2.62. The molecule has 4 aromatic rings. The molecule has 1 fully saturated rings. The van der Waals surface area contributed by atoms with Crippen LogP contribution < -0.4 is 5.32 Å². The molecule has 1 saturated heterocycles. The molecule has 0 spiro atoms. The number of methoxy groups -OCH3 is 1. The summed E-state index contributed by atoms with van der Waals surface area (Å²) in [5, 5.41) is 13.6. The normalized spacial score (nSPS) is 17.7. The number of ether oxygens (including phenoxy) is 2. The molecule has 2 amide bonds. The highest BCUT2D eigenvalue weighted by Crippen LogP contribution is 2.44. The number of rotatable bonds is 15. The van der Waals surface area contributed by atoms with Gasteiger partial charge >= 0.3 is 11.9 Å². The lowest BCUT2D eigenvalue weighted by molar-refractivity contribution is -0.149. The molecule has 1 aliphatic carbocycles. The van der Waals surface area contributed by atoms with Gasteiger partial charge in [0.15, 0.2) is 0 Å². The van der Waals surface area contributed by atoms with E-state index in [1.165, 1.54) is 7.11 Å². The number of carbonyl (C=O) groups is 4. The summed E-state index contributed by atoms with van der Waals surface area (Å²) in [6.45, 7) is 0.749. The molecule has 4 aromatic carbocycles. The Morgan fingerprint density at radius 3 is 2.13 bits per heavy atom. The molecule has 276 valence electrons. The zero-order valence-corrected chi connectivity index (χ0v) is 30.6. The number of carboxylic acid groups (broad SMARTS) is 1. The molecule has 2 aliphatic rings. The molecular weight excluding hydrogens is 692 g/mol. The third-order valence-electron chi connectivity index (χ3n) is 10.4. The van der Waals surface area contributed by atoms with E-state index < -0.39 is 29.3 Å². The van der Waals surface area contributed by atoms with Crippen LogP contribution in [0.15, 0.2) is 103 Å². The zero-order chi connectivity index (χ0) is 37.4. The van der Waals surface area contributed by atoms with E-state index in [4.69, 9.17) is 21.1 Å². The Morgan fingerprint density at radius 2 is 1.49 bits per heavy atom. The van der Waals surface area contributed by atoms with Gasteiger partial charge in [-0.25, -0.2) is 0 Å². The van der Waals surface area contributed by atoms with Crippen LogP contribution in [0.2, 0.25) is 5.02 Å². The lowest BCUT2D eigenvalue weighted by atomic mass is 9.81. The minimum Gasteiger partial charge on any atom is -0.481 e. The van der Waals surface area contributed by atoms with E-state index in [9.17, 15) is 24.3 Å². The van der Waals surface area contributed by atoms with E-state index in [1.807, 2.05) is 66.7 Å². The summed E-state index contributed by atoms with van der Waals surface area (Å²) in [7, 11) is 1.48. The number of nitrogens with zero attached hydrogens (tertiary/aromatic N) is 1. The number of halogens is 1. The number of carboxylic acids is 1. The first-order valence-corrected chi connectivity index (χ1v) is 18.5. The third kappa shape index (κ3) is 9.33. The average Bonchev–Trinajstić information content (AvgIpc) is 3.48. The van der Waals surface area contributed by atoms with E-state index in [2.05, 4.69) is 29.6 Å². The second kappa shape index (κ2) is 17.2. The molecule has 0 aromatic heterocycles. The van der Waals surface area contributed by atoms with E-state index in [1.54, 1.807) is 17.0 Å². The van der Waals surface area contributed by atoms with Gasteiger partial charge in [-0.15, -0.1) is 0 Å². The van der Waals surface area contributed by atoms with Gasteiger partial charge in [-0.3, -0.25) is 19.2 Å². The highest BCUT2D eigenvalue weighted by Gasteiger charge is 2.42. The zero-order valence-electron chi connectivity index (χ0n) is 29.8. The maximum Gasteiger partial charge on any atom is 0.306 e. The van der Waals surface area contributed by atoms with Crippen molar-refractivity contribution in [2.45, 2.75) is 50.0 Å². The maximum absolute atomic E-state index is 14.2. The molecular formula is C43H45ClN2O7. The largest absolute Gasteiger partial charge is 0.481 e. The van der Waals surface area contributed by atoms with Gasteiger partial charge in [0, 0.05) is 31.1 Å². The highest BCUT2D eigenvalue weighted by molar-refractivity contribution is 6.30. The number of benzene rings is 4. The van der Waals surface area contributed by atoms with Crippen LogP contribution in [0.4, 0.5) is 0 Å². The molecule has 53 heavy (non-hydrogen) atoms. The van der Waals surface area contributed by atoms with Crippen molar-refractivity contribution in [2.75, 3.05) is 33.4 Å². The van der Waals surface area contributed by atoms with Crippen LogP contribution in [0.1, 0.15) is 53.9 Å². The Hall–Kier alpha value is -4.99.